The van der Waals surface area contributed by atoms with E-state index in [9.17, 15) is 14.9 Å². The molecule has 7 nitrogen and oxygen atoms in total. The molecule has 1 aromatic heterocycles. The molecular weight excluding hydrogens is 448 g/mol. The number of non-ortho nitro benzene ring substituents is 1. The van der Waals surface area contributed by atoms with E-state index in [0.717, 1.165) is 26.5 Å². The van der Waals surface area contributed by atoms with E-state index >= 15 is 0 Å². The first-order valence-corrected chi connectivity index (χ1v) is 9.77. The van der Waals surface area contributed by atoms with Crippen LogP contribution in [-0.4, -0.2) is 22.0 Å². The lowest BCUT2D eigenvalue weighted by molar-refractivity contribution is -0.384. The zero-order valence-corrected chi connectivity index (χ0v) is 17.1. The number of carbonyl (C=O) groups is 1. The Labute approximate surface area is 179 Å². The topological polar surface area (TPSA) is 100 Å². The molecule has 0 atom stereocenters. The third-order valence-electron chi connectivity index (χ3n) is 4.51. The van der Waals surface area contributed by atoms with Crippen LogP contribution < -0.4 is 5.43 Å². The first kappa shape index (κ1) is 19.5. The third kappa shape index (κ3) is 3.99. The van der Waals surface area contributed by atoms with Crippen molar-refractivity contribution >= 4 is 44.6 Å². The van der Waals surface area contributed by atoms with Crippen LogP contribution in [0.1, 0.15) is 16.1 Å². The summed E-state index contributed by atoms with van der Waals surface area (Å²) in [6, 6.07) is 21.4. The predicted octanol–water partition coefficient (Wildman–Crippen LogP) is 5.27. The molecule has 0 aliphatic heterocycles. The number of nitro groups is 1. The monoisotopic (exact) mass is 462 g/mol. The van der Waals surface area contributed by atoms with Gasteiger partial charge in [-0.25, -0.2) is 5.43 Å². The van der Waals surface area contributed by atoms with Crippen LogP contribution >= 0.6 is 15.9 Å². The molecule has 4 aromatic rings. The molecular formula is C22H15BrN4O3. The summed E-state index contributed by atoms with van der Waals surface area (Å²) >= 11 is 3.48. The molecule has 0 unspecified atom stereocenters. The molecule has 0 aliphatic carbocycles. The van der Waals surface area contributed by atoms with E-state index in [1.54, 1.807) is 12.1 Å². The van der Waals surface area contributed by atoms with Gasteiger partial charge in [0, 0.05) is 38.6 Å². The Hall–Kier alpha value is -3.78. The number of nitrogens with one attached hydrogen (secondary N) is 2. The molecule has 0 saturated carbocycles. The van der Waals surface area contributed by atoms with Crippen LogP contribution in [0, 0.1) is 10.1 Å². The van der Waals surface area contributed by atoms with Gasteiger partial charge in [0.25, 0.3) is 11.6 Å². The number of nitrogens with zero attached hydrogens (tertiary/aromatic N) is 2. The van der Waals surface area contributed by atoms with Crippen LogP contribution in [0.3, 0.4) is 0 Å². The van der Waals surface area contributed by atoms with E-state index in [1.165, 1.54) is 18.3 Å². The summed E-state index contributed by atoms with van der Waals surface area (Å²) in [4.78, 5) is 26.5. The highest BCUT2D eigenvalue weighted by Crippen LogP contribution is 2.34. The number of aromatic amines is 1. The minimum atomic E-state index is -0.481. The van der Waals surface area contributed by atoms with E-state index in [-0.39, 0.29) is 5.69 Å². The molecule has 2 N–H and O–H groups in total. The summed E-state index contributed by atoms with van der Waals surface area (Å²) in [5.74, 6) is -0.414. The van der Waals surface area contributed by atoms with Crippen molar-refractivity contribution in [3.8, 4) is 11.1 Å². The maximum absolute atomic E-state index is 12.9. The Balaban J connectivity index is 1.67. The van der Waals surface area contributed by atoms with Crippen molar-refractivity contribution in [1.82, 2.24) is 10.4 Å². The number of hydrazone groups is 1. The normalized spacial score (nSPS) is 11.1. The Morgan fingerprint density at radius 1 is 1.07 bits per heavy atom. The van der Waals surface area contributed by atoms with Crippen LogP contribution in [0.2, 0.25) is 0 Å². The van der Waals surface area contributed by atoms with Crippen LogP contribution in [0.15, 0.2) is 82.4 Å². The number of carbonyl (C=O) groups excluding carboxylic acids is 1. The largest absolute Gasteiger partial charge is 0.350 e. The number of rotatable bonds is 5. The summed E-state index contributed by atoms with van der Waals surface area (Å²) < 4.78 is 0.904. The van der Waals surface area contributed by atoms with Gasteiger partial charge in [0.15, 0.2) is 0 Å². The van der Waals surface area contributed by atoms with Gasteiger partial charge in [-0.3, -0.25) is 14.9 Å². The van der Waals surface area contributed by atoms with Crippen molar-refractivity contribution in [3.05, 3.63) is 98.6 Å². The lowest BCUT2D eigenvalue weighted by Gasteiger charge is -2.04. The molecule has 1 amide bonds. The summed E-state index contributed by atoms with van der Waals surface area (Å²) in [6.45, 7) is 0. The third-order valence-corrected chi connectivity index (χ3v) is 5.00. The second-order valence-corrected chi connectivity index (χ2v) is 7.40. The fourth-order valence-corrected chi connectivity index (χ4v) is 3.54. The van der Waals surface area contributed by atoms with Crippen molar-refractivity contribution in [2.75, 3.05) is 0 Å². The molecule has 0 aliphatic rings. The van der Waals surface area contributed by atoms with Gasteiger partial charge in [-0.2, -0.15) is 5.10 Å². The molecule has 0 saturated heterocycles. The highest BCUT2D eigenvalue weighted by molar-refractivity contribution is 9.10. The average molecular weight is 463 g/mol. The van der Waals surface area contributed by atoms with Crippen molar-refractivity contribution in [1.29, 1.82) is 0 Å². The van der Waals surface area contributed by atoms with Crippen LogP contribution in [0.25, 0.3) is 22.0 Å². The van der Waals surface area contributed by atoms with E-state index in [4.69, 9.17) is 0 Å². The molecule has 8 heteroatoms. The van der Waals surface area contributed by atoms with Crippen molar-refractivity contribution in [2.24, 2.45) is 5.10 Å². The fourth-order valence-electron chi connectivity index (χ4n) is 3.18. The van der Waals surface area contributed by atoms with E-state index in [0.29, 0.717) is 11.3 Å². The molecule has 0 bridgehead atoms. The van der Waals surface area contributed by atoms with Crippen LogP contribution in [-0.2, 0) is 0 Å². The Morgan fingerprint density at radius 3 is 2.63 bits per heavy atom. The SMILES string of the molecule is O=C(N/N=C\c1cccc([N+](=O)[O-])c1)c1[nH]c2ccc(Br)cc2c1-c1ccccc1. The van der Waals surface area contributed by atoms with Gasteiger partial charge in [0.05, 0.1) is 11.1 Å². The summed E-state index contributed by atoms with van der Waals surface area (Å²) in [5, 5.41) is 15.8. The molecule has 148 valence electrons. The number of H-pyrrole nitrogens is 1. The first-order chi connectivity index (χ1) is 14.5. The fraction of sp³-hybridized carbons (Fsp3) is 0. The molecule has 0 radical (unpaired) electrons. The quantitative estimate of drug-likeness (QED) is 0.240. The van der Waals surface area contributed by atoms with Crippen molar-refractivity contribution < 1.29 is 9.72 Å². The average Bonchev–Trinajstić information content (AvgIpc) is 3.13. The van der Waals surface area contributed by atoms with Gasteiger partial charge < -0.3 is 4.98 Å². The number of benzene rings is 3. The standard InChI is InChI=1S/C22H15BrN4O3/c23-16-9-10-19-18(12-16)20(15-6-2-1-3-7-15)21(25-19)22(28)26-24-13-14-5-4-8-17(11-14)27(29)30/h1-13,25H,(H,26,28)/b24-13-. The van der Waals surface area contributed by atoms with Gasteiger partial charge >= 0.3 is 0 Å². The van der Waals surface area contributed by atoms with Gasteiger partial charge in [-0.1, -0.05) is 58.4 Å². The number of fused-ring (bicyclic) bond motifs is 1. The Bertz CT molecular complexity index is 1280. The molecule has 4 rings (SSSR count). The molecule has 0 spiro atoms. The van der Waals surface area contributed by atoms with Crippen LogP contribution in [0.4, 0.5) is 5.69 Å². The summed E-state index contributed by atoms with van der Waals surface area (Å²) in [7, 11) is 0. The summed E-state index contributed by atoms with van der Waals surface area (Å²) in [5.41, 5.74) is 5.84. The summed E-state index contributed by atoms with van der Waals surface area (Å²) in [6.07, 6.45) is 1.37. The Morgan fingerprint density at radius 2 is 1.87 bits per heavy atom. The number of hydrogen-bond donors (Lipinski definition) is 2. The van der Waals surface area contributed by atoms with E-state index < -0.39 is 10.8 Å². The predicted molar refractivity (Wildman–Crippen MR) is 120 cm³/mol. The number of aromatic nitrogens is 1. The van der Waals surface area contributed by atoms with Gasteiger partial charge in [0.2, 0.25) is 0 Å². The number of amides is 1. The second kappa shape index (κ2) is 8.30. The number of hydrogen-bond acceptors (Lipinski definition) is 4. The zero-order chi connectivity index (χ0) is 21.1. The Kier molecular flexibility index (Phi) is 5.40. The minimum Gasteiger partial charge on any atom is -0.350 e. The first-order valence-electron chi connectivity index (χ1n) is 8.97. The smallest absolute Gasteiger partial charge is 0.288 e. The highest BCUT2D eigenvalue weighted by Gasteiger charge is 2.19. The minimum absolute atomic E-state index is 0.0437. The number of halogens is 1. The van der Waals surface area contributed by atoms with Gasteiger partial charge in [-0.15, -0.1) is 0 Å². The highest BCUT2D eigenvalue weighted by atomic mass is 79.9. The lowest BCUT2D eigenvalue weighted by atomic mass is 10.0. The number of nitro benzene ring substituents is 1. The maximum atomic E-state index is 12.9. The molecule has 30 heavy (non-hydrogen) atoms. The molecule has 0 fully saturated rings. The maximum Gasteiger partial charge on any atom is 0.288 e. The zero-order valence-electron chi connectivity index (χ0n) is 15.5. The van der Waals surface area contributed by atoms with Crippen molar-refractivity contribution in [3.63, 3.8) is 0 Å². The molecule has 1 heterocycles. The van der Waals surface area contributed by atoms with Crippen LogP contribution in [0.5, 0.6) is 0 Å². The van der Waals surface area contributed by atoms with E-state index in [1.807, 2.05) is 48.5 Å². The van der Waals surface area contributed by atoms with Gasteiger partial charge in [0.1, 0.15) is 5.69 Å². The van der Waals surface area contributed by atoms with E-state index in [2.05, 4.69) is 31.4 Å². The van der Waals surface area contributed by atoms with Gasteiger partial charge in [-0.05, 0) is 23.8 Å². The molecule has 3 aromatic carbocycles. The second-order valence-electron chi connectivity index (χ2n) is 6.48. The van der Waals surface area contributed by atoms with Crippen molar-refractivity contribution in [2.45, 2.75) is 0 Å². The lowest BCUT2D eigenvalue weighted by Crippen LogP contribution is -2.18.